The Labute approximate surface area is 511 Å². The molecule has 7 heteroatoms. The molecule has 14 aromatic rings. The molecule has 406 valence electrons. The fraction of sp³-hybridized carbons (Fsp3) is 0. The zero-order chi connectivity index (χ0) is 58.8. The van der Waals surface area contributed by atoms with Crippen molar-refractivity contribution in [2.24, 2.45) is 0 Å². The van der Waals surface area contributed by atoms with Crippen LogP contribution in [-0.2, 0) is 0 Å². The number of hydrogen-bond acceptors (Lipinski definition) is 4. The van der Waals surface area contributed by atoms with Gasteiger partial charge in [0.05, 0.1) is 41.0 Å². The van der Waals surface area contributed by atoms with Gasteiger partial charge in [-0.1, -0.05) is 194 Å². The summed E-state index contributed by atoms with van der Waals surface area (Å²) in [5.41, 5.74) is 26.6. The van der Waals surface area contributed by atoms with Crippen LogP contribution < -0.4 is 26.2 Å². The summed E-state index contributed by atoms with van der Waals surface area (Å²) in [4.78, 5) is 8.67. The molecule has 13 aromatic carbocycles. The molecule has 1 aromatic heterocycles. The normalized spacial score (nSPS) is 12.0. The molecule has 3 heterocycles. The highest BCUT2D eigenvalue weighted by atomic mass is 15.2. The summed E-state index contributed by atoms with van der Waals surface area (Å²) >= 11 is 0. The lowest BCUT2D eigenvalue weighted by molar-refractivity contribution is 1.18. The van der Waals surface area contributed by atoms with Gasteiger partial charge in [-0.15, -0.1) is 0 Å². The van der Waals surface area contributed by atoms with Gasteiger partial charge in [0.15, 0.2) is 5.69 Å². The fourth-order valence-corrected chi connectivity index (χ4v) is 13.6. The van der Waals surface area contributed by atoms with E-state index >= 15 is 0 Å². The average Bonchev–Trinajstić information content (AvgIpc) is 0.847. The van der Waals surface area contributed by atoms with E-state index in [0.717, 1.165) is 123 Å². The Kier molecular flexibility index (Phi) is 12.4. The summed E-state index contributed by atoms with van der Waals surface area (Å²) in [5, 5.41) is 22.9. The van der Waals surface area contributed by atoms with Gasteiger partial charge in [-0.25, -0.2) is 4.85 Å². The van der Waals surface area contributed by atoms with E-state index in [1.165, 1.54) is 16.4 Å². The Morgan fingerprint density at radius 3 is 1.32 bits per heavy atom. The van der Waals surface area contributed by atoms with E-state index in [1.54, 1.807) is 12.1 Å². The first-order valence-electron chi connectivity index (χ1n) is 29.5. The van der Waals surface area contributed by atoms with Gasteiger partial charge in [-0.2, -0.15) is 10.5 Å². The second kappa shape index (κ2) is 21.1. The van der Waals surface area contributed by atoms with E-state index in [4.69, 9.17) is 6.57 Å². The molecule has 0 radical (unpaired) electrons. The van der Waals surface area contributed by atoms with Crippen LogP contribution in [0.15, 0.2) is 297 Å². The lowest BCUT2D eigenvalue weighted by Crippen LogP contribution is -2.61. The summed E-state index contributed by atoms with van der Waals surface area (Å²) in [6.45, 7) is 7.61. The Hall–Kier alpha value is -12.2. The summed E-state index contributed by atoms with van der Waals surface area (Å²) in [5.74, 6) is 0. The lowest BCUT2D eigenvalue weighted by Gasteiger charge is -2.44. The molecule has 16 rings (SSSR count). The SMILES string of the molecule is [C-]#[N+]c1ccc(-c2cc(C#N)ccc2-n2c3ccccc3c3cc(-c4cc5c6c(c4)N(c4cc(-c7ccccc7)cc(-c7ccccc7)c4)c4ccccc4B6c4ccccc4N5c4cc(-c5ccccc5)cc(-c5ccccc5)c4)ccc32)c(C#N)c1. The van der Waals surface area contributed by atoms with Crippen molar-refractivity contribution in [1.82, 2.24) is 4.57 Å². The van der Waals surface area contributed by atoms with Gasteiger partial charge in [0.25, 0.3) is 6.71 Å². The van der Waals surface area contributed by atoms with Crippen LogP contribution in [0.25, 0.3) is 99.1 Å². The predicted molar refractivity (Wildman–Crippen MR) is 363 cm³/mol. The fourth-order valence-electron chi connectivity index (χ4n) is 13.6. The van der Waals surface area contributed by atoms with Gasteiger partial charge < -0.3 is 14.4 Å². The molecule has 0 spiro atoms. The molecule has 2 aliphatic heterocycles. The number of nitriles is 2. The number of hydrogen-bond donors (Lipinski definition) is 0. The predicted octanol–water partition coefficient (Wildman–Crippen LogP) is 19.2. The molecule has 0 aliphatic carbocycles. The van der Waals surface area contributed by atoms with Crippen LogP contribution in [0.1, 0.15) is 11.1 Å². The van der Waals surface area contributed by atoms with Crippen molar-refractivity contribution < 1.29 is 0 Å². The van der Waals surface area contributed by atoms with E-state index < -0.39 is 0 Å². The summed E-state index contributed by atoms with van der Waals surface area (Å²) in [6.07, 6.45) is 0. The highest BCUT2D eigenvalue weighted by Gasteiger charge is 2.44. The molecule has 2 aliphatic rings. The smallest absolute Gasteiger partial charge is 0.252 e. The number of nitrogens with zero attached hydrogens (tertiary/aromatic N) is 6. The van der Waals surface area contributed by atoms with Crippen molar-refractivity contribution in [2.75, 3.05) is 9.80 Å². The van der Waals surface area contributed by atoms with Crippen molar-refractivity contribution in [3.63, 3.8) is 0 Å². The summed E-state index contributed by atoms with van der Waals surface area (Å²) in [6, 6.07) is 111. The van der Waals surface area contributed by atoms with Gasteiger partial charge >= 0.3 is 0 Å². The van der Waals surface area contributed by atoms with Crippen molar-refractivity contribution in [3.05, 3.63) is 320 Å². The Morgan fingerprint density at radius 2 is 0.807 bits per heavy atom. The minimum Gasteiger partial charge on any atom is -0.311 e. The zero-order valence-corrected chi connectivity index (χ0v) is 47.6. The zero-order valence-electron chi connectivity index (χ0n) is 47.6. The molecule has 88 heavy (non-hydrogen) atoms. The second-order valence-electron chi connectivity index (χ2n) is 22.5. The third-order valence-electron chi connectivity index (χ3n) is 17.6. The van der Waals surface area contributed by atoms with Gasteiger partial charge in [0.1, 0.15) is 0 Å². The van der Waals surface area contributed by atoms with E-state index in [-0.39, 0.29) is 6.71 Å². The highest BCUT2D eigenvalue weighted by molar-refractivity contribution is 7.00. The number of fused-ring (bicyclic) bond motifs is 7. The first kappa shape index (κ1) is 51.4. The number of anilines is 6. The van der Waals surface area contributed by atoms with Crippen LogP contribution in [0.4, 0.5) is 39.8 Å². The van der Waals surface area contributed by atoms with Crippen molar-refractivity contribution >= 4 is 84.7 Å². The highest BCUT2D eigenvalue weighted by Crippen LogP contribution is 2.49. The van der Waals surface area contributed by atoms with Crippen LogP contribution in [-0.4, -0.2) is 11.3 Å². The first-order chi connectivity index (χ1) is 43.5. The third kappa shape index (κ3) is 8.56. The Bertz CT molecular complexity index is 4950. The minimum absolute atomic E-state index is 0.114. The minimum atomic E-state index is -0.114. The van der Waals surface area contributed by atoms with Crippen LogP contribution in [0.2, 0.25) is 0 Å². The third-order valence-corrected chi connectivity index (χ3v) is 17.6. The standard InChI is InChI=1S/C81H49BN6/c1-85-65-36-37-68(64(43-65)52-84)70-40-53(51-83)34-38-75(70)88-74-31-17-14-28-69(74)71-48-58(35-39-76(71)88)63-49-79-81-80(50-63)87(67-46-61(56-24-10-4-11-25-56)42-62(47-67)57-26-12-5-13-27-57)78-33-19-16-30-73(78)82(81)72-29-15-18-32-77(72)86(79)66-44-59(54-20-6-2-7-21-54)41-60(45-66)55-22-8-3-9-23-55/h2-50H. The maximum Gasteiger partial charge on any atom is 0.252 e. The topological polar surface area (TPSA) is 63.4 Å². The molecular formula is C81H49BN6. The molecule has 0 unspecified atom stereocenters. The molecule has 6 nitrogen and oxygen atoms in total. The molecule has 0 atom stereocenters. The summed E-state index contributed by atoms with van der Waals surface area (Å²) < 4.78 is 2.25. The maximum absolute atomic E-state index is 10.5. The quantitative estimate of drug-likeness (QED) is 0.107. The number of aromatic nitrogens is 1. The van der Waals surface area contributed by atoms with Crippen LogP contribution in [0, 0.1) is 29.2 Å². The number of rotatable bonds is 9. The van der Waals surface area contributed by atoms with E-state index in [0.29, 0.717) is 22.4 Å². The summed E-state index contributed by atoms with van der Waals surface area (Å²) in [7, 11) is 0. The molecular weight excluding hydrogens is 1070 g/mol. The average molecular weight is 1120 g/mol. The van der Waals surface area contributed by atoms with Gasteiger partial charge in [0.2, 0.25) is 0 Å². The monoisotopic (exact) mass is 1120 g/mol. The molecule has 0 amide bonds. The molecule has 0 N–H and O–H groups in total. The maximum atomic E-state index is 10.5. The van der Waals surface area contributed by atoms with Crippen molar-refractivity contribution in [3.8, 4) is 84.6 Å². The van der Waals surface area contributed by atoms with Crippen molar-refractivity contribution in [1.29, 1.82) is 10.5 Å². The molecule has 0 saturated heterocycles. The number of para-hydroxylation sites is 3. The second-order valence-corrected chi connectivity index (χ2v) is 22.5. The molecule has 0 fully saturated rings. The van der Waals surface area contributed by atoms with Gasteiger partial charge in [0, 0.05) is 56.0 Å². The van der Waals surface area contributed by atoms with E-state index in [2.05, 4.69) is 292 Å². The van der Waals surface area contributed by atoms with Crippen LogP contribution in [0.5, 0.6) is 0 Å². The first-order valence-corrected chi connectivity index (χ1v) is 29.5. The molecule has 0 saturated carbocycles. The van der Waals surface area contributed by atoms with E-state index in [9.17, 15) is 10.5 Å². The Morgan fingerprint density at radius 1 is 0.330 bits per heavy atom. The van der Waals surface area contributed by atoms with E-state index in [1.807, 2.05) is 24.3 Å². The van der Waals surface area contributed by atoms with Gasteiger partial charge in [-0.3, -0.25) is 0 Å². The van der Waals surface area contributed by atoms with Crippen LogP contribution in [0.3, 0.4) is 0 Å². The molecule has 0 bridgehead atoms. The van der Waals surface area contributed by atoms with Crippen LogP contribution >= 0.6 is 0 Å². The number of benzene rings is 13. The Balaban J connectivity index is 0.986. The van der Waals surface area contributed by atoms with Crippen molar-refractivity contribution in [2.45, 2.75) is 0 Å². The lowest BCUT2D eigenvalue weighted by atomic mass is 9.33. The van der Waals surface area contributed by atoms with Gasteiger partial charge in [-0.05, 0) is 181 Å². The largest absolute Gasteiger partial charge is 0.311 e.